The van der Waals surface area contributed by atoms with Crippen LogP contribution in [0.5, 0.6) is 0 Å². The van der Waals surface area contributed by atoms with Crippen LogP contribution in [-0.4, -0.2) is 46.0 Å². The van der Waals surface area contributed by atoms with Gasteiger partial charge in [-0.05, 0) is 38.5 Å². The molecule has 0 radical (unpaired) electrons. The summed E-state index contributed by atoms with van der Waals surface area (Å²) in [4.78, 5) is 73.8. The van der Waals surface area contributed by atoms with Crippen molar-refractivity contribution >= 4 is 35.8 Å². The van der Waals surface area contributed by atoms with Crippen LogP contribution >= 0.6 is 0 Å². The van der Waals surface area contributed by atoms with Gasteiger partial charge in [0.1, 0.15) is 0 Å². The van der Waals surface area contributed by atoms with E-state index in [4.69, 9.17) is 9.47 Å². The molecule has 3 aliphatic rings. The molecule has 3 fully saturated rings. The van der Waals surface area contributed by atoms with Crippen molar-refractivity contribution in [1.82, 2.24) is 0 Å². The number of hydrogen-bond acceptors (Lipinski definition) is 8. The van der Waals surface area contributed by atoms with Gasteiger partial charge in [0.2, 0.25) is 0 Å². The third kappa shape index (κ3) is 8.36. The van der Waals surface area contributed by atoms with Gasteiger partial charge in [-0.3, -0.25) is 28.8 Å². The van der Waals surface area contributed by atoms with Gasteiger partial charge in [0.25, 0.3) is 0 Å². The molecule has 0 spiro atoms. The number of carbonyl (C=O) groups excluding carboxylic acids is 4. The molecule has 0 aliphatic heterocycles. The monoisotopic (exact) mass is 528 g/mol. The minimum Gasteiger partial charge on any atom is -1.00 e. The van der Waals surface area contributed by atoms with Crippen LogP contribution in [-0.2, 0) is 38.2 Å². The molecule has 6 unspecified atom stereocenters. The summed E-state index contributed by atoms with van der Waals surface area (Å²) in [5.74, 6) is -11.4. The maximum Gasteiger partial charge on any atom is 1.00 e. The minimum atomic E-state index is -1.10. The van der Waals surface area contributed by atoms with E-state index < -0.39 is 71.3 Å². The van der Waals surface area contributed by atoms with Gasteiger partial charge < -0.3 is 22.5 Å². The molecule has 3 saturated carbocycles. The molecule has 0 aromatic rings. The first-order chi connectivity index (χ1) is 16.2. The molecule has 12 heteroatoms. The molecule has 0 saturated heterocycles. The molecule has 10 nitrogen and oxygen atoms in total. The normalized spacial score (nSPS) is 29.9. The molecule has 0 aromatic heterocycles. The molecule has 0 heterocycles. The van der Waals surface area contributed by atoms with Crippen molar-refractivity contribution in [3.8, 4) is 0 Å². The first-order valence-corrected chi connectivity index (χ1v) is 12.2. The van der Waals surface area contributed by atoms with E-state index in [1.54, 1.807) is 0 Å². The van der Waals surface area contributed by atoms with Gasteiger partial charge >= 0.3 is 94.9 Å². The summed E-state index contributed by atoms with van der Waals surface area (Å²) in [6.45, 7) is 0. The molecule has 3 aliphatic carbocycles. The Hall–Kier alpha value is -0.780. The fourth-order valence-electron chi connectivity index (χ4n) is 5.61. The molecule has 0 aromatic carbocycles. The predicted molar refractivity (Wildman–Crippen MR) is 116 cm³/mol. The Kier molecular flexibility index (Phi) is 14.4. The van der Waals surface area contributed by atoms with Crippen LogP contribution in [0, 0.1) is 35.5 Å². The predicted octanol–water partition coefficient (Wildman–Crippen LogP) is -3.05. The molecule has 2 N–H and O–H groups in total. The second kappa shape index (κ2) is 15.6. The summed E-state index contributed by atoms with van der Waals surface area (Å²) >= 11 is 0. The molecular formula is C24H34Na2O10. The molecule has 3 rings (SSSR count). The Bertz CT molecular complexity index is 788. The first kappa shape index (κ1) is 33.2. The van der Waals surface area contributed by atoms with E-state index in [2.05, 4.69) is 0 Å². The average molecular weight is 529 g/mol. The zero-order chi connectivity index (χ0) is 24.8. The topological polar surface area (TPSA) is 161 Å². The number of aliphatic carboxylic acids is 2. The summed E-state index contributed by atoms with van der Waals surface area (Å²) in [5, 5.41) is 18.8. The van der Waals surface area contributed by atoms with Crippen LogP contribution in [0.15, 0.2) is 0 Å². The first-order valence-electron chi connectivity index (χ1n) is 12.2. The summed E-state index contributed by atoms with van der Waals surface area (Å²) in [6.07, 6.45) is 5.79. The molecular weight excluding hydrogens is 494 g/mol. The van der Waals surface area contributed by atoms with E-state index in [9.17, 15) is 39.0 Å². The van der Waals surface area contributed by atoms with E-state index in [1.807, 2.05) is 0 Å². The number of esters is 4. The minimum absolute atomic E-state index is 0. The molecule has 192 valence electrons. The van der Waals surface area contributed by atoms with Gasteiger partial charge in [-0.1, -0.05) is 38.5 Å². The van der Waals surface area contributed by atoms with Gasteiger partial charge in [0.05, 0.1) is 35.5 Å². The molecule has 6 atom stereocenters. The van der Waals surface area contributed by atoms with Gasteiger partial charge in [-0.2, -0.15) is 0 Å². The Morgan fingerprint density at radius 3 is 0.861 bits per heavy atom. The summed E-state index contributed by atoms with van der Waals surface area (Å²) < 4.78 is 10.1. The third-order valence-electron chi connectivity index (χ3n) is 7.55. The van der Waals surface area contributed by atoms with Crippen molar-refractivity contribution in [2.24, 2.45) is 35.5 Å². The number of hydrogen-bond donors (Lipinski definition) is 2. The number of carboxylic acid groups (broad SMARTS) is 2. The SMILES string of the molecule is O=C(O)C1CCCCC1C(=O)OC(=O)C1CCCCC1C(=O)OC(=O)C1CCCCC1C(=O)O.[H-].[H-].[Na+].[Na+]. The summed E-state index contributed by atoms with van der Waals surface area (Å²) in [7, 11) is 0. The molecule has 36 heavy (non-hydrogen) atoms. The zero-order valence-electron chi connectivity index (χ0n) is 23.1. The largest absolute Gasteiger partial charge is 1.00 e. The van der Waals surface area contributed by atoms with E-state index >= 15 is 0 Å². The second-order valence-electron chi connectivity index (χ2n) is 9.65. The van der Waals surface area contributed by atoms with Crippen LogP contribution in [0.1, 0.15) is 79.9 Å². The fraction of sp³-hybridized carbons (Fsp3) is 0.750. The van der Waals surface area contributed by atoms with Crippen LogP contribution < -0.4 is 59.1 Å². The van der Waals surface area contributed by atoms with Crippen LogP contribution in [0.2, 0.25) is 0 Å². The fourth-order valence-corrected chi connectivity index (χ4v) is 5.61. The summed E-state index contributed by atoms with van der Waals surface area (Å²) in [6, 6.07) is 0. The van der Waals surface area contributed by atoms with E-state index in [1.165, 1.54) is 0 Å². The molecule has 0 amide bonds. The maximum atomic E-state index is 12.8. The van der Waals surface area contributed by atoms with Crippen LogP contribution in [0.4, 0.5) is 0 Å². The van der Waals surface area contributed by atoms with E-state index in [0.29, 0.717) is 64.2 Å². The van der Waals surface area contributed by atoms with Gasteiger partial charge in [0, 0.05) is 0 Å². The second-order valence-corrected chi connectivity index (χ2v) is 9.65. The van der Waals surface area contributed by atoms with Crippen molar-refractivity contribution in [3.63, 3.8) is 0 Å². The van der Waals surface area contributed by atoms with Crippen molar-refractivity contribution in [1.29, 1.82) is 0 Å². The quantitative estimate of drug-likeness (QED) is 0.206. The molecule has 0 bridgehead atoms. The van der Waals surface area contributed by atoms with Crippen molar-refractivity contribution in [2.45, 2.75) is 77.0 Å². The van der Waals surface area contributed by atoms with Crippen molar-refractivity contribution < 1.29 is 110 Å². The van der Waals surface area contributed by atoms with Gasteiger partial charge in [-0.15, -0.1) is 0 Å². The Labute approximate surface area is 257 Å². The number of carboxylic acids is 2. The van der Waals surface area contributed by atoms with Crippen LogP contribution in [0.3, 0.4) is 0 Å². The smallest absolute Gasteiger partial charge is 1.00 e. The maximum absolute atomic E-state index is 12.8. The van der Waals surface area contributed by atoms with E-state index in [-0.39, 0.29) is 74.8 Å². The third-order valence-corrected chi connectivity index (χ3v) is 7.55. The Morgan fingerprint density at radius 2 is 0.639 bits per heavy atom. The van der Waals surface area contributed by atoms with E-state index in [0.717, 1.165) is 0 Å². The summed E-state index contributed by atoms with van der Waals surface area (Å²) in [5.41, 5.74) is 0. The van der Waals surface area contributed by atoms with Crippen LogP contribution in [0.25, 0.3) is 0 Å². The number of ether oxygens (including phenoxy) is 2. The number of rotatable bonds is 6. The van der Waals surface area contributed by atoms with Gasteiger partial charge in [-0.25, -0.2) is 0 Å². The van der Waals surface area contributed by atoms with Gasteiger partial charge in [0.15, 0.2) is 0 Å². The van der Waals surface area contributed by atoms with Crippen molar-refractivity contribution in [3.05, 3.63) is 0 Å². The average Bonchev–Trinajstić information content (AvgIpc) is 2.83. The van der Waals surface area contributed by atoms with Crippen molar-refractivity contribution in [2.75, 3.05) is 0 Å². The Balaban J connectivity index is 0. The zero-order valence-corrected chi connectivity index (χ0v) is 25.1. The Morgan fingerprint density at radius 1 is 0.444 bits per heavy atom. The number of carbonyl (C=O) groups is 6. The standard InChI is InChI=1S/C24H32O10.2Na.2H/c25-19(26)13-7-1-3-9-15(13)21(29)33-23(31)17-11-5-6-12-18(17)24(32)34-22(30)16-10-4-2-8-14(16)20(27)28;;;;/h13-18H,1-12H2,(H,25,26)(H,27,28);;;;/q;2*+1;2*-1.